The van der Waals surface area contributed by atoms with E-state index in [-0.39, 0.29) is 6.61 Å². The molecule has 0 saturated heterocycles. The number of carbonyl (C=O) groups is 1. The highest BCUT2D eigenvalue weighted by Gasteiger charge is 2.16. The van der Waals surface area contributed by atoms with Gasteiger partial charge in [0, 0.05) is 13.2 Å². The largest absolute Gasteiger partial charge is 0.479 e. The summed E-state index contributed by atoms with van der Waals surface area (Å²) in [6, 6.07) is 0. The average Bonchev–Trinajstić information content (AvgIpc) is 2.35. The summed E-state index contributed by atoms with van der Waals surface area (Å²) < 4.78 is 5.23. The van der Waals surface area contributed by atoms with Crippen molar-refractivity contribution in [3.63, 3.8) is 0 Å². The molecule has 4 heteroatoms. The number of hydrogen-bond donors (Lipinski definition) is 2. The molecule has 108 valence electrons. The number of carboxylic acids is 1. The fraction of sp³-hybridized carbons (Fsp3) is 0.929. The molecule has 0 heterocycles. The average molecular weight is 260 g/mol. The van der Waals surface area contributed by atoms with E-state index in [0.717, 1.165) is 12.8 Å². The lowest BCUT2D eigenvalue weighted by Crippen LogP contribution is -2.24. The van der Waals surface area contributed by atoms with Crippen LogP contribution in [0.1, 0.15) is 64.7 Å². The third-order valence-corrected chi connectivity index (χ3v) is 2.97. The molecule has 0 bridgehead atoms. The summed E-state index contributed by atoms with van der Waals surface area (Å²) in [6.07, 6.45) is 8.62. The van der Waals surface area contributed by atoms with Crippen molar-refractivity contribution in [1.82, 2.24) is 0 Å². The van der Waals surface area contributed by atoms with Crippen molar-refractivity contribution in [2.24, 2.45) is 0 Å². The van der Waals surface area contributed by atoms with E-state index in [1.807, 2.05) is 0 Å². The predicted molar refractivity (Wildman–Crippen MR) is 71.7 cm³/mol. The molecule has 1 unspecified atom stereocenters. The van der Waals surface area contributed by atoms with Crippen LogP contribution in [0.4, 0.5) is 0 Å². The maximum Gasteiger partial charge on any atom is 0.332 e. The standard InChI is InChI=1S/C14H28O4/c1-2-3-4-5-6-7-8-10-13(14(16)17)18-12-9-11-15/h13,15H,2-12H2,1H3,(H,16,17). The zero-order valence-corrected chi connectivity index (χ0v) is 11.6. The zero-order valence-electron chi connectivity index (χ0n) is 11.6. The topological polar surface area (TPSA) is 66.8 Å². The summed E-state index contributed by atoms with van der Waals surface area (Å²) >= 11 is 0. The second kappa shape index (κ2) is 12.8. The van der Waals surface area contributed by atoms with E-state index in [1.54, 1.807) is 0 Å². The minimum Gasteiger partial charge on any atom is -0.479 e. The molecule has 0 rings (SSSR count). The van der Waals surface area contributed by atoms with Crippen LogP contribution in [0.2, 0.25) is 0 Å². The Labute approximate surface area is 110 Å². The van der Waals surface area contributed by atoms with E-state index in [0.29, 0.717) is 19.4 Å². The van der Waals surface area contributed by atoms with Crippen molar-refractivity contribution in [1.29, 1.82) is 0 Å². The van der Waals surface area contributed by atoms with Gasteiger partial charge in [-0.1, -0.05) is 51.9 Å². The van der Waals surface area contributed by atoms with Crippen LogP contribution >= 0.6 is 0 Å². The van der Waals surface area contributed by atoms with E-state index < -0.39 is 12.1 Å². The molecule has 0 aliphatic rings. The number of carboxylic acid groups (broad SMARTS) is 1. The van der Waals surface area contributed by atoms with Gasteiger partial charge in [-0.2, -0.15) is 0 Å². The Morgan fingerprint density at radius 2 is 1.67 bits per heavy atom. The molecule has 1 atom stereocenters. The van der Waals surface area contributed by atoms with Crippen molar-refractivity contribution < 1.29 is 19.7 Å². The van der Waals surface area contributed by atoms with Crippen LogP contribution in [-0.4, -0.2) is 35.5 Å². The third kappa shape index (κ3) is 10.5. The predicted octanol–water partition coefficient (Wildman–Crippen LogP) is 2.98. The Balaban J connectivity index is 3.49. The Kier molecular flexibility index (Phi) is 12.4. The molecule has 2 N–H and O–H groups in total. The summed E-state index contributed by atoms with van der Waals surface area (Å²) in [6.45, 7) is 2.56. The number of aliphatic carboxylic acids is 1. The van der Waals surface area contributed by atoms with Gasteiger partial charge in [-0.15, -0.1) is 0 Å². The van der Waals surface area contributed by atoms with Crippen LogP contribution in [0.3, 0.4) is 0 Å². The molecule has 4 nitrogen and oxygen atoms in total. The first-order chi connectivity index (χ1) is 8.72. The van der Waals surface area contributed by atoms with E-state index in [9.17, 15) is 4.79 Å². The number of aliphatic hydroxyl groups is 1. The van der Waals surface area contributed by atoms with Crippen molar-refractivity contribution in [2.45, 2.75) is 70.8 Å². The van der Waals surface area contributed by atoms with Crippen molar-refractivity contribution in [2.75, 3.05) is 13.2 Å². The number of aliphatic hydroxyl groups excluding tert-OH is 1. The van der Waals surface area contributed by atoms with Gasteiger partial charge >= 0.3 is 5.97 Å². The number of rotatable bonds is 13. The van der Waals surface area contributed by atoms with E-state index in [4.69, 9.17) is 14.9 Å². The lowest BCUT2D eigenvalue weighted by atomic mass is 10.1. The first-order valence-corrected chi connectivity index (χ1v) is 7.17. The zero-order chi connectivity index (χ0) is 13.6. The Hall–Kier alpha value is -0.610. The number of unbranched alkanes of at least 4 members (excludes halogenated alkanes) is 6. The van der Waals surface area contributed by atoms with Crippen LogP contribution in [0.25, 0.3) is 0 Å². The molecular formula is C14H28O4. The molecule has 18 heavy (non-hydrogen) atoms. The molecule has 0 saturated carbocycles. The van der Waals surface area contributed by atoms with Gasteiger partial charge in [0.1, 0.15) is 0 Å². The monoisotopic (exact) mass is 260 g/mol. The van der Waals surface area contributed by atoms with E-state index >= 15 is 0 Å². The first kappa shape index (κ1) is 17.4. The maximum atomic E-state index is 10.9. The molecule has 0 aliphatic heterocycles. The van der Waals surface area contributed by atoms with Crippen LogP contribution in [0.15, 0.2) is 0 Å². The highest BCUT2D eigenvalue weighted by Crippen LogP contribution is 2.11. The van der Waals surface area contributed by atoms with Gasteiger partial charge in [-0.3, -0.25) is 0 Å². The van der Waals surface area contributed by atoms with Gasteiger partial charge in [-0.05, 0) is 12.8 Å². The molecule has 0 amide bonds. The lowest BCUT2D eigenvalue weighted by molar-refractivity contribution is -0.151. The van der Waals surface area contributed by atoms with E-state index in [1.165, 1.54) is 32.1 Å². The maximum absolute atomic E-state index is 10.9. The molecule has 0 spiro atoms. The van der Waals surface area contributed by atoms with Gasteiger partial charge in [0.2, 0.25) is 0 Å². The smallest absolute Gasteiger partial charge is 0.332 e. The van der Waals surface area contributed by atoms with Gasteiger partial charge < -0.3 is 14.9 Å². The van der Waals surface area contributed by atoms with Crippen LogP contribution in [0, 0.1) is 0 Å². The first-order valence-electron chi connectivity index (χ1n) is 7.17. The normalized spacial score (nSPS) is 12.6. The molecule has 0 aromatic heterocycles. The minimum absolute atomic E-state index is 0.0454. The van der Waals surface area contributed by atoms with Gasteiger partial charge in [0.05, 0.1) is 0 Å². The highest BCUT2D eigenvalue weighted by molar-refractivity contribution is 5.72. The van der Waals surface area contributed by atoms with Crippen LogP contribution in [-0.2, 0) is 9.53 Å². The molecule has 0 radical (unpaired) electrons. The summed E-state index contributed by atoms with van der Waals surface area (Å²) in [5, 5.41) is 17.6. The van der Waals surface area contributed by atoms with Crippen molar-refractivity contribution >= 4 is 5.97 Å². The molecular weight excluding hydrogens is 232 g/mol. The highest BCUT2D eigenvalue weighted by atomic mass is 16.5. The fourth-order valence-corrected chi connectivity index (χ4v) is 1.86. The van der Waals surface area contributed by atoms with Crippen molar-refractivity contribution in [3.05, 3.63) is 0 Å². The van der Waals surface area contributed by atoms with E-state index in [2.05, 4.69) is 6.92 Å². The molecule has 0 aliphatic carbocycles. The van der Waals surface area contributed by atoms with Crippen molar-refractivity contribution in [3.8, 4) is 0 Å². The Bertz CT molecular complexity index is 194. The Morgan fingerprint density at radius 3 is 2.22 bits per heavy atom. The van der Waals surface area contributed by atoms with Gasteiger partial charge in [-0.25, -0.2) is 4.79 Å². The van der Waals surface area contributed by atoms with Crippen LogP contribution < -0.4 is 0 Å². The lowest BCUT2D eigenvalue weighted by Gasteiger charge is -2.13. The van der Waals surface area contributed by atoms with Crippen LogP contribution in [0.5, 0.6) is 0 Å². The summed E-state index contributed by atoms with van der Waals surface area (Å²) in [4.78, 5) is 10.9. The SMILES string of the molecule is CCCCCCCCCC(OCCCO)C(=O)O. The summed E-state index contributed by atoms with van der Waals surface area (Å²) in [7, 11) is 0. The molecule has 0 aromatic carbocycles. The summed E-state index contributed by atoms with van der Waals surface area (Å²) in [5.74, 6) is -0.890. The fourth-order valence-electron chi connectivity index (χ4n) is 1.86. The third-order valence-electron chi connectivity index (χ3n) is 2.97. The quantitative estimate of drug-likeness (QED) is 0.500. The van der Waals surface area contributed by atoms with Gasteiger partial charge in [0.15, 0.2) is 6.10 Å². The number of ether oxygens (including phenoxy) is 1. The minimum atomic E-state index is -0.890. The molecule has 0 fully saturated rings. The second-order valence-corrected chi connectivity index (χ2v) is 4.68. The number of hydrogen-bond acceptors (Lipinski definition) is 3. The Morgan fingerprint density at radius 1 is 1.06 bits per heavy atom. The second-order valence-electron chi connectivity index (χ2n) is 4.68. The molecule has 0 aromatic rings. The summed E-state index contributed by atoms with van der Waals surface area (Å²) in [5.41, 5.74) is 0. The van der Waals surface area contributed by atoms with Gasteiger partial charge in [0.25, 0.3) is 0 Å².